The fourth-order valence-electron chi connectivity index (χ4n) is 3.19. The van der Waals surface area contributed by atoms with Crippen molar-refractivity contribution in [3.63, 3.8) is 0 Å². The van der Waals surface area contributed by atoms with Gasteiger partial charge < -0.3 is 14.5 Å². The van der Waals surface area contributed by atoms with E-state index in [-0.39, 0.29) is 6.10 Å². The molecule has 0 aromatic rings. The van der Waals surface area contributed by atoms with Crippen LogP contribution in [0.4, 0.5) is 0 Å². The summed E-state index contributed by atoms with van der Waals surface area (Å²) in [5.74, 6) is 1.29. The second-order valence-corrected chi connectivity index (χ2v) is 5.73. The summed E-state index contributed by atoms with van der Waals surface area (Å²) < 4.78 is 5.65. The van der Waals surface area contributed by atoms with Crippen LogP contribution >= 0.6 is 0 Å². The van der Waals surface area contributed by atoms with E-state index in [1.807, 2.05) is 0 Å². The lowest BCUT2D eigenvalue weighted by molar-refractivity contribution is 0.0709. The summed E-state index contributed by atoms with van der Waals surface area (Å²) in [6.07, 6.45) is 6.45. The maximum atomic E-state index is 8.42. The van der Waals surface area contributed by atoms with Crippen LogP contribution in [0.2, 0.25) is 0 Å². The van der Waals surface area contributed by atoms with Crippen molar-refractivity contribution in [2.24, 2.45) is 5.92 Å². The predicted octanol–water partition coefficient (Wildman–Crippen LogP) is 1.81. The fourth-order valence-corrected chi connectivity index (χ4v) is 3.19. The lowest BCUT2D eigenvalue weighted by atomic mass is 9.84. The van der Waals surface area contributed by atoms with Gasteiger partial charge in [-0.25, -0.2) is 0 Å². The van der Waals surface area contributed by atoms with E-state index >= 15 is 0 Å². The van der Waals surface area contributed by atoms with Gasteiger partial charge in [-0.2, -0.15) is 0 Å². The van der Waals surface area contributed by atoms with E-state index in [4.69, 9.17) is 10.1 Å². The summed E-state index contributed by atoms with van der Waals surface area (Å²) in [6, 6.07) is 0. The van der Waals surface area contributed by atoms with E-state index in [1.54, 1.807) is 7.11 Å². The number of likely N-dealkylation sites (N-methyl/N-ethyl adjacent to an activating group) is 1. The van der Waals surface area contributed by atoms with Crippen LogP contribution in [0.15, 0.2) is 0 Å². The van der Waals surface area contributed by atoms with E-state index in [1.165, 1.54) is 32.1 Å². The largest absolute Gasteiger partial charge is 0.373 e. The Kier molecular flexibility index (Phi) is 5.01. The van der Waals surface area contributed by atoms with Gasteiger partial charge >= 0.3 is 0 Å². The van der Waals surface area contributed by atoms with Gasteiger partial charge in [0.2, 0.25) is 0 Å². The minimum atomic E-state index is 0.0220. The Labute approximate surface area is 111 Å². The van der Waals surface area contributed by atoms with Crippen molar-refractivity contribution in [2.45, 2.75) is 38.2 Å². The van der Waals surface area contributed by atoms with Gasteiger partial charge in [-0.1, -0.05) is 19.3 Å². The minimum Gasteiger partial charge on any atom is -0.373 e. The van der Waals surface area contributed by atoms with Crippen LogP contribution in [0.1, 0.15) is 32.1 Å². The van der Waals surface area contributed by atoms with Crippen molar-refractivity contribution in [3.8, 4) is 0 Å². The Hall–Kier alpha value is -0.610. The quantitative estimate of drug-likeness (QED) is 0.616. The minimum absolute atomic E-state index is 0.0220. The molecule has 1 unspecified atom stereocenters. The zero-order valence-electron chi connectivity index (χ0n) is 11.8. The first-order valence-corrected chi connectivity index (χ1v) is 7.27. The summed E-state index contributed by atoms with van der Waals surface area (Å²) in [7, 11) is 3.92. The third-order valence-corrected chi connectivity index (χ3v) is 4.45. The monoisotopic (exact) mass is 253 g/mol. The van der Waals surface area contributed by atoms with Crippen molar-refractivity contribution >= 4 is 5.84 Å². The molecule has 0 aromatic heterocycles. The first-order valence-electron chi connectivity index (χ1n) is 7.27. The normalized spacial score (nSPS) is 25.1. The van der Waals surface area contributed by atoms with Crippen LogP contribution in [-0.2, 0) is 4.74 Å². The zero-order valence-corrected chi connectivity index (χ0v) is 11.8. The highest BCUT2D eigenvalue weighted by atomic mass is 16.5. The van der Waals surface area contributed by atoms with Crippen LogP contribution in [0, 0.1) is 11.3 Å². The molecule has 0 aromatic carbocycles. The molecule has 4 heteroatoms. The number of nitrogens with zero attached hydrogens (tertiary/aromatic N) is 2. The molecule has 0 spiro atoms. The van der Waals surface area contributed by atoms with E-state index in [0.29, 0.717) is 5.92 Å². The van der Waals surface area contributed by atoms with Gasteiger partial charge in [0.1, 0.15) is 11.9 Å². The zero-order chi connectivity index (χ0) is 13.0. The van der Waals surface area contributed by atoms with Gasteiger partial charge in [-0.15, -0.1) is 0 Å². The maximum Gasteiger partial charge on any atom is 0.126 e. The van der Waals surface area contributed by atoms with E-state index in [2.05, 4.69) is 16.8 Å². The molecule has 1 saturated heterocycles. The molecule has 1 aliphatic carbocycles. The molecule has 1 aliphatic heterocycles. The molecule has 1 atom stereocenters. The molecule has 2 rings (SSSR count). The number of hydrogen-bond acceptors (Lipinski definition) is 3. The molecular weight excluding hydrogens is 226 g/mol. The second kappa shape index (κ2) is 6.53. The van der Waals surface area contributed by atoms with Crippen molar-refractivity contribution < 1.29 is 4.74 Å². The van der Waals surface area contributed by atoms with Gasteiger partial charge in [0, 0.05) is 33.3 Å². The molecule has 18 heavy (non-hydrogen) atoms. The molecule has 2 fully saturated rings. The molecule has 0 radical (unpaired) electrons. The molecule has 0 bridgehead atoms. The number of rotatable bonds is 3. The Balaban J connectivity index is 1.92. The van der Waals surface area contributed by atoms with Crippen molar-refractivity contribution in [2.75, 3.05) is 40.3 Å². The van der Waals surface area contributed by atoms with Gasteiger partial charge in [-0.3, -0.25) is 5.41 Å². The lowest BCUT2D eigenvalue weighted by Gasteiger charge is -2.39. The Morgan fingerprint density at radius 1 is 1.11 bits per heavy atom. The summed E-state index contributed by atoms with van der Waals surface area (Å²) in [5.41, 5.74) is 0. The topological polar surface area (TPSA) is 39.6 Å². The van der Waals surface area contributed by atoms with E-state index in [9.17, 15) is 0 Å². The number of piperazine rings is 1. The Morgan fingerprint density at radius 3 is 2.28 bits per heavy atom. The van der Waals surface area contributed by atoms with Crippen molar-refractivity contribution in [3.05, 3.63) is 0 Å². The highest BCUT2D eigenvalue weighted by Crippen LogP contribution is 2.29. The Morgan fingerprint density at radius 2 is 1.72 bits per heavy atom. The van der Waals surface area contributed by atoms with Crippen molar-refractivity contribution in [1.82, 2.24) is 9.80 Å². The molecule has 4 nitrogen and oxygen atoms in total. The molecule has 1 N–H and O–H groups in total. The second-order valence-electron chi connectivity index (χ2n) is 5.73. The average molecular weight is 253 g/mol. The predicted molar refractivity (Wildman–Crippen MR) is 74.2 cm³/mol. The van der Waals surface area contributed by atoms with Crippen molar-refractivity contribution in [1.29, 1.82) is 5.41 Å². The highest BCUT2D eigenvalue weighted by molar-refractivity contribution is 5.84. The summed E-state index contributed by atoms with van der Waals surface area (Å²) in [4.78, 5) is 4.54. The number of amidine groups is 1. The smallest absolute Gasteiger partial charge is 0.126 e. The van der Waals surface area contributed by atoms with Gasteiger partial charge in [0.25, 0.3) is 0 Å². The molecule has 104 valence electrons. The first-order chi connectivity index (χ1) is 8.72. The fraction of sp³-hybridized carbons (Fsp3) is 0.929. The molecule has 2 aliphatic rings. The molecule has 0 amide bonds. The van der Waals surface area contributed by atoms with E-state index in [0.717, 1.165) is 32.0 Å². The summed E-state index contributed by atoms with van der Waals surface area (Å²) in [5, 5.41) is 8.42. The number of ether oxygens (including phenoxy) is 1. The molecular formula is C14H27N3O. The molecule has 1 heterocycles. The average Bonchev–Trinajstić information content (AvgIpc) is 2.41. The van der Waals surface area contributed by atoms with Crippen LogP contribution in [0.25, 0.3) is 0 Å². The third-order valence-electron chi connectivity index (χ3n) is 4.45. The summed E-state index contributed by atoms with van der Waals surface area (Å²) >= 11 is 0. The van der Waals surface area contributed by atoms with Crippen LogP contribution in [0.3, 0.4) is 0 Å². The standard InChI is InChI=1S/C14H27N3O/c1-16-8-10-17(11-9-16)14(15)13(18-2)12-6-4-3-5-7-12/h12-13,15H,3-11H2,1-2H3. The van der Waals surface area contributed by atoms with E-state index < -0.39 is 0 Å². The number of nitrogens with one attached hydrogen (secondary N) is 1. The van der Waals surface area contributed by atoms with Gasteiger partial charge in [0.05, 0.1) is 0 Å². The number of methoxy groups -OCH3 is 1. The molecule has 1 saturated carbocycles. The van der Waals surface area contributed by atoms with Gasteiger partial charge in [0.15, 0.2) is 0 Å². The summed E-state index contributed by atoms with van der Waals surface area (Å²) in [6.45, 7) is 4.07. The van der Waals surface area contributed by atoms with Crippen LogP contribution in [0.5, 0.6) is 0 Å². The Bertz CT molecular complexity index is 268. The maximum absolute atomic E-state index is 8.42. The van der Waals surface area contributed by atoms with Crippen LogP contribution in [-0.4, -0.2) is 62.1 Å². The third kappa shape index (κ3) is 3.23. The first kappa shape index (κ1) is 13.8. The SMILES string of the molecule is COC(C(=N)N1CCN(C)CC1)C1CCCCC1. The highest BCUT2D eigenvalue weighted by Gasteiger charge is 2.30. The van der Waals surface area contributed by atoms with Gasteiger partial charge in [-0.05, 0) is 25.8 Å². The lowest BCUT2D eigenvalue weighted by Crippen LogP contribution is -2.52. The number of hydrogen-bond donors (Lipinski definition) is 1. The van der Waals surface area contributed by atoms with Crippen LogP contribution < -0.4 is 0 Å².